The SMILES string of the molecule is Cc1ccc(N2CCCCS2(=O)=O)cc1S(=O)(=O)N1CCCC1. The lowest BCUT2D eigenvalue weighted by Crippen LogP contribution is -2.38. The van der Waals surface area contributed by atoms with E-state index < -0.39 is 20.0 Å². The smallest absolute Gasteiger partial charge is 0.243 e. The Hall–Kier alpha value is -1.12. The van der Waals surface area contributed by atoms with Crippen LogP contribution in [-0.2, 0) is 20.0 Å². The average Bonchev–Trinajstić information content (AvgIpc) is 3.02. The second-order valence-electron chi connectivity index (χ2n) is 6.16. The third-order valence-electron chi connectivity index (χ3n) is 4.49. The van der Waals surface area contributed by atoms with Crippen molar-refractivity contribution in [3.8, 4) is 0 Å². The molecule has 2 saturated heterocycles. The number of sulfonamides is 2. The first-order chi connectivity index (χ1) is 10.8. The average molecular weight is 358 g/mol. The van der Waals surface area contributed by atoms with E-state index in [0.717, 1.165) is 19.3 Å². The molecule has 8 heteroatoms. The number of hydrogen-bond acceptors (Lipinski definition) is 4. The predicted octanol–water partition coefficient (Wildman–Crippen LogP) is 1.71. The van der Waals surface area contributed by atoms with Crippen LogP contribution in [0.25, 0.3) is 0 Å². The van der Waals surface area contributed by atoms with Crippen LogP contribution in [0.3, 0.4) is 0 Å². The number of benzene rings is 1. The molecule has 128 valence electrons. The third kappa shape index (κ3) is 3.12. The Bertz CT molecular complexity index is 797. The van der Waals surface area contributed by atoms with Gasteiger partial charge >= 0.3 is 0 Å². The van der Waals surface area contributed by atoms with Crippen LogP contribution in [0.15, 0.2) is 23.1 Å². The van der Waals surface area contributed by atoms with Gasteiger partial charge in [-0.2, -0.15) is 4.31 Å². The predicted molar refractivity (Wildman–Crippen MR) is 89.5 cm³/mol. The molecule has 2 fully saturated rings. The fraction of sp³-hybridized carbons (Fsp3) is 0.600. The second kappa shape index (κ2) is 6.07. The molecule has 0 spiro atoms. The zero-order valence-electron chi connectivity index (χ0n) is 13.2. The molecule has 0 radical (unpaired) electrons. The Balaban J connectivity index is 2.03. The summed E-state index contributed by atoms with van der Waals surface area (Å²) in [7, 11) is -6.90. The highest BCUT2D eigenvalue weighted by Crippen LogP contribution is 2.30. The number of nitrogens with zero attached hydrogens (tertiary/aromatic N) is 2. The minimum atomic E-state index is -3.56. The highest BCUT2D eigenvalue weighted by molar-refractivity contribution is 7.92. The lowest BCUT2D eigenvalue weighted by Gasteiger charge is -2.29. The van der Waals surface area contributed by atoms with Crippen LogP contribution >= 0.6 is 0 Å². The molecule has 0 aromatic heterocycles. The molecular weight excluding hydrogens is 336 g/mol. The van der Waals surface area contributed by atoms with Gasteiger partial charge < -0.3 is 0 Å². The molecule has 2 aliphatic rings. The largest absolute Gasteiger partial charge is 0.270 e. The second-order valence-corrected chi connectivity index (χ2v) is 10.1. The van der Waals surface area contributed by atoms with Crippen LogP contribution in [0.2, 0.25) is 0 Å². The van der Waals surface area contributed by atoms with Crippen LogP contribution in [-0.4, -0.2) is 46.5 Å². The van der Waals surface area contributed by atoms with E-state index in [0.29, 0.717) is 37.3 Å². The first-order valence-corrected chi connectivity index (χ1v) is 11.0. The van der Waals surface area contributed by atoms with Crippen molar-refractivity contribution in [2.75, 3.05) is 29.7 Å². The van der Waals surface area contributed by atoms with Crippen molar-refractivity contribution in [1.82, 2.24) is 4.31 Å². The summed E-state index contributed by atoms with van der Waals surface area (Å²) in [5.41, 5.74) is 1.10. The van der Waals surface area contributed by atoms with E-state index in [1.807, 2.05) is 0 Å². The summed E-state index contributed by atoms with van der Waals surface area (Å²) in [5.74, 6) is 0.120. The highest BCUT2D eigenvalue weighted by atomic mass is 32.2. The number of hydrogen-bond donors (Lipinski definition) is 0. The molecule has 3 rings (SSSR count). The van der Waals surface area contributed by atoms with Crippen molar-refractivity contribution < 1.29 is 16.8 Å². The first kappa shape index (κ1) is 16.7. The van der Waals surface area contributed by atoms with Gasteiger partial charge in [-0.25, -0.2) is 16.8 Å². The third-order valence-corrected chi connectivity index (χ3v) is 8.40. The molecule has 2 heterocycles. The molecular formula is C15H22N2O4S2. The summed E-state index contributed by atoms with van der Waals surface area (Å²) in [6.07, 6.45) is 3.20. The maximum absolute atomic E-state index is 12.8. The Morgan fingerprint density at radius 3 is 2.30 bits per heavy atom. The van der Waals surface area contributed by atoms with Crippen molar-refractivity contribution in [2.45, 2.75) is 37.5 Å². The summed E-state index contributed by atoms with van der Waals surface area (Å²) >= 11 is 0. The Kier molecular flexibility index (Phi) is 4.41. The normalized spacial score (nSPS) is 22.4. The minimum absolute atomic E-state index is 0.120. The summed E-state index contributed by atoms with van der Waals surface area (Å²) < 4.78 is 53.0. The molecule has 1 aromatic carbocycles. The van der Waals surface area contributed by atoms with Crippen LogP contribution < -0.4 is 4.31 Å². The van der Waals surface area contributed by atoms with Crippen LogP contribution in [0.4, 0.5) is 5.69 Å². The molecule has 0 amide bonds. The highest BCUT2D eigenvalue weighted by Gasteiger charge is 2.31. The molecule has 6 nitrogen and oxygen atoms in total. The maximum atomic E-state index is 12.8. The van der Waals surface area contributed by atoms with Gasteiger partial charge in [-0.05, 0) is 50.3 Å². The Morgan fingerprint density at radius 1 is 1.00 bits per heavy atom. The summed E-state index contributed by atoms with van der Waals surface area (Å²) in [6, 6.07) is 4.91. The van der Waals surface area contributed by atoms with Gasteiger partial charge in [0.2, 0.25) is 20.0 Å². The number of rotatable bonds is 3. The Labute approximate surface area is 138 Å². The zero-order valence-corrected chi connectivity index (χ0v) is 14.9. The van der Waals surface area contributed by atoms with Crippen LogP contribution in [0.1, 0.15) is 31.2 Å². The van der Waals surface area contributed by atoms with E-state index in [9.17, 15) is 16.8 Å². The van der Waals surface area contributed by atoms with Gasteiger partial charge in [-0.15, -0.1) is 0 Å². The maximum Gasteiger partial charge on any atom is 0.243 e. The van der Waals surface area contributed by atoms with Gasteiger partial charge in [0.1, 0.15) is 0 Å². The van der Waals surface area contributed by atoms with Gasteiger partial charge in [0.15, 0.2) is 0 Å². The quantitative estimate of drug-likeness (QED) is 0.824. The minimum Gasteiger partial charge on any atom is -0.270 e. The van der Waals surface area contributed by atoms with E-state index in [-0.39, 0.29) is 10.6 Å². The van der Waals surface area contributed by atoms with Crippen molar-refractivity contribution >= 4 is 25.7 Å². The standard InChI is InChI=1S/C15H22N2O4S2/c1-13-6-7-14(17-10-4-5-11-22(17,18)19)12-15(13)23(20,21)16-8-2-3-9-16/h6-7,12H,2-5,8-11H2,1H3. The molecule has 23 heavy (non-hydrogen) atoms. The van der Waals surface area contributed by atoms with Gasteiger partial charge in [0, 0.05) is 19.6 Å². The van der Waals surface area contributed by atoms with E-state index in [2.05, 4.69) is 0 Å². The molecule has 1 aromatic rings. The van der Waals surface area contributed by atoms with E-state index in [1.165, 1.54) is 14.7 Å². The molecule has 0 N–H and O–H groups in total. The summed E-state index contributed by atoms with van der Waals surface area (Å²) in [4.78, 5) is 0.220. The molecule has 0 atom stereocenters. The molecule has 0 bridgehead atoms. The fourth-order valence-corrected chi connectivity index (χ4v) is 6.56. The van der Waals surface area contributed by atoms with E-state index in [1.54, 1.807) is 19.1 Å². The van der Waals surface area contributed by atoms with Gasteiger partial charge in [-0.1, -0.05) is 6.07 Å². The zero-order chi connectivity index (χ0) is 16.7. The fourth-order valence-electron chi connectivity index (χ4n) is 3.17. The van der Waals surface area contributed by atoms with Crippen molar-refractivity contribution in [1.29, 1.82) is 0 Å². The van der Waals surface area contributed by atoms with E-state index in [4.69, 9.17) is 0 Å². The lowest BCUT2D eigenvalue weighted by molar-refractivity contribution is 0.477. The number of aryl methyl sites for hydroxylation is 1. The van der Waals surface area contributed by atoms with Crippen LogP contribution in [0, 0.1) is 6.92 Å². The van der Waals surface area contributed by atoms with Crippen molar-refractivity contribution in [3.05, 3.63) is 23.8 Å². The molecule has 0 unspecified atom stereocenters. The first-order valence-electron chi connectivity index (χ1n) is 7.93. The lowest BCUT2D eigenvalue weighted by atomic mass is 10.2. The molecule has 0 aliphatic carbocycles. The van der Waals surface area contributed by atoms with Gasteiger partial charge in [-0.3, -0.25) is 4.31 Å². The van der Waals surface area contributed by atoms with Gasteiger partial charge in [0.25, 0.3) is 0 Å². The van der Waals surface area contributed by atoms with Crippen molar-refractivity contribution in [2.24, 2.45) is 0 Å². The topological polar surface area (TPSA) is 74.8 Å². The summed E-state index contributed by atoms with van der Waals surface area (Å²) in [6.45, 7) is 3.23. The molecule has 2 aliphatic heterocycles. The van der Waals surface area contributed by atoms with Crippen LogP contribution in [0.5, 0.6) is 0 Å². The summed E-state index contributed by atoms with van der Waals surface area (Å²) in [5, 5.41) is 0. The van der Waals surface area contributed by atoms with Gasteiger partial charge in [0.05, 0.1) is 16.3 Å². The molecule has 0 saturated carbocycles. The van der Waals surface area contributed by atoms with Crippen molar-refractivity contribution in [3.63, 3.8) is 0 Å². The number of anilines is 1. The monoisotopic (exact) mass is 358 g/mol. The Morgan fingerprint density at radius 2 is 1.65 bits per heavy atom. The van der Waals surface area contributed by atoms with E-state index >= 15 is 0 Å².